The van der Waals surface area contributed by atoms with Crippen molar-refractivity contribution in [2.75, 3.05) is 41.2 Å². The van der Waals surface area contributed by atoms with E-state index in [0.717, 1.165) is 6.61 Å². The van der Waals surface area contributed by atoms with Crippen LogP contribution in [0.1, 0.15) is 12.8 Å². The molecule has 2 unspecified atom stereocenters. The molecule has 18 heavy (non-hydrogen) atoms. The zero-order valence-electron chi connectivity index (χ0n) is 11.6. The predicted molar refractivity (Wildman–Crippen MR) is 68.4 cm³/mol. The van der Waals surface area contributed by atoms with Crippen LogP contribution in [0.3, 0.4) is 0 Å². The number of hydrogen-bond donors (Lipinski definition) is 1. The van der Waals surface area contributed by atoms with E-state index in [0.29, 0.717) is 36.3 Å². The van der Waals surface area contributed by atoms with E-state index >= 15 is 0 Å². The monoisotopic (exact) mass is 280 g/mol. The third kappa shape index (κ3) is 3.99. The van der Waals surface area contributed by atoms with Crippen LogP contribution in [0.15, 0.2) is 0 Å². The Hall–Kier alpha value is -0.0231. The van der Waals surface area contributed by atoms with Crippen LogP contribution in [0, 0.1) is 0 Å². The molecule has 0 aliphatic carbocycles. The topological polar surface area (TPSA) is 69.7 Å². The molecule has 2 atom stereocenters. The quantitative estimate of drug-likeness (QED) is 0.235. The third-order valence-corrected chi connectivity index (χ3v) is 4.93. The first-order chi connectivity index (χ1) is 8.51. The smallest absolute Gasteiger partial charge is 0.215 e. The van der Waals surface area contributed by atoms with Gasteiger partial charge in [0.05, 0.1) is 23.5 Å². The Morgan fingerprint density at radius 1 is 1.28 bits per heavy atom. The number of methoxy groups -OCH3 is 3. The summed E-state index contributed by atoms with van der Waals surface area (Å²) < 4.78 is 26.1. The first kappa shape index (κ1) is 16.0. The van der Waals surface area contributed by atoms with Crippen LogP contribution >= 0.6 is 0 Å². The molecule has 0 aromatic heterocycles. The maximum Gasteiger partial charge on any atom is 0.215 e. The molecule has 0 amide bonds. The first-order valence-electron chi connectivity index (χ1n) is 6.08. The Bertz CT molecular complexity index is 244. The van der Waals surface area contributed by atoms with Gasteiger partial charge in [0.25, 0.3) is 0 Å². The summed E-state index contributed by atoms with van der Waals surface area (Å²) in [6.45, 7) is 1.96. The molecule has 0 bridgehead atoms. The highest BCUT2D eigenvalue weighted by Gasteiger charge is 2.48. The summed E-state index contributed by atoms with van der Waals surface area (Å²) in [7, 11) is 4.93. The minimum Gasteiger partial charge on any atom is -0.379 e. The molecule has 1 heterocycles. The number of ether oxygens (including phenoxy) is 5. The normalized spacial score (nSPS) is 23.0. The lowest BCUT2D eigenvalue weighted by molar-refractivity contribution is -0.344. The van der Waals surface area contributed by atoms with Gasteiger partial charge in [0, 0.05) is 34.4 Å². The molecule has 7 heteroatoms. The van der Waals surface area contributed by atoms with Crippen LogP contribution in [0.5, 0.6) is 0 Å². The summed E-state index contributed by atoms with van der Waals surface area (Å²) in [5.74, 6) is -1.44. The number of hydrogen-bond acceptors (Lipinski definition) is 6. The SMILES string of the molecule is COC(O)(CCCOCC1CO1)C([SiH3])(OC)OC. The fourth-order valence-corrected chi connectivity index (χ4v) is 2.16. The molecular weight excluding hydrogens is 256 g/mol. The fraction of sp³-hybridized carbons (Fsp3) is 1.00. The lowest BCUT2D eigenvalue weighted by Crippen LogP contribution is -2.58. The zero-order chi connectivity index (χ0) is 13.6. The van der Waals surface area contributed by atoms with Gasteiger partial charge in [-0.15, -0.1) is 0 Å². The van der Waals surface area contributed by atoms with Crippen molar-refractivity contribution in [1.82, 2.24) is 0 Å². The molecule has 0 radical (unpaired) electrons. The Morgan fingerprint density at radius 3 is 2.33 bits per heavy atom. The molecule has 1 saturated heterocycles. The molecular formula is C11H24O6Si. The second-order valence-electron chi connectivity index (χ2n) is 4.48. The van der Waals surface area contributed by atoms with Crippen LogP contribution in [0.25, 0.3) is 0 Å². The summed E-state index contributed by atoms with van der Waals surface area (Å²) in [5.41, 5.74) is -1.07. The highest BCUT2D eigenvalue weighted by atomic mass is 28.1. The highest BCUT2D eigenvalue weighted by molar-refractivity contribution is 6.14. The average molecular weight is 280 g/mol. The molecule has 108 valence electrons. The second kappa shape index (κ2) is 6.95. The molecule has 1 aliphatic heterocycles. The van der Waals surface area contributed by atoms with E-state index in [1.54, 1.807) is 0 Å². The number of rotatable bonds is 10. The molecule has 0 saturated carbocycles. The van der Waals surface area contributed by atoms with Gasteiger partial charge in [-0.05, 0) is 6.42 Å². The molecule has 0 spiro atoms. The van der Waals surface area contributed by atoms with Crippen molar-refractivity contribution in [1.29, 1.82) is 0 Å². The molecule has 6 nitrogen and oxygen atoms in total. The maximum atomic E-state index is 10.4. The summed E-state index contributed by atoms with van der Waals surface area (Å²) in [4.78, 5) is 0. The zero-order valence-corrected chi connectivity index (χ0v) is 13.6. The Kier molecular flexibility index (Phi) is 6.19. The van der Waals surface area contributed by atoms with Crippen molar-refractivity contribution in [3.63, 3.8) is 0 Å². The van der Waals surface area contributed by atoms with Crippen molar-refractivity contribution < 1.29 is 28.8 Å². The number of epoxide rings is 1. The highest BCUT2D eigenvalue weighted by Crippen LogP contribution is 2.29. The van der Waals surface area contributed by atoms with Crippen LogP contribution in [0.4, 0.5) is 0 Å². The minimum atomic E-state index is -1.44. The Balaban J connectivity index is 2.32. The van der Waals surface area contributed by atoms with Gasteiger partial charge in [-0.1, -0.05) is 0 Å². The van der Waals surface area contributed by atoms with Gasteiger partial charge in [0.1, 0.15) is 6.10 Å². The largest absolute Gasteiger partial charge is 0.379 e. The predicted octanol–water partition coefficient (Wildman–Crippen LogP) is -1.17. The molecule has 1 N–H and O–H groups in total. The summed E-state index contributed by atoms with van der Waals surface area (Å²) in [6.07, 6.45) is 1.32. The minimum absolute atomic E-state index is 0.266. The van der Waals surface area contributed by atoms with Crippen LogP contribution in [-0.4, -0.2) is 73.8 Å². The Morgan fingerprint density at radius 2 is 1.89 bits per heavy atom. The maximum absolute atomic E-state index is 10.4. The van der Waals surface area contributed by atoms with Gasteiger partial charge in [-0.25, -0.2) is 0 Å². The van der Waals surface area contributed by atoms with Crippen molar-refractivity contribution >= 4 is 10.2 Å². The summed E-state index contributed by atoms with van der Waals surface area (Å²) in [6, 6.07) is 0. The first-order valence-corrected chi connectivity index (χ1v) is 7.08. The second-order valence-corrected chi connectivity index (χ2v) is 5.79. The molecule has 0 aromatic carbocycles. The van der Waals surface area contributed by atoms with Gasteiger partial charge in [-0.3, -0.25) is 0 Å². The third-order valence-electron chi connectivity index (χ3n) is 3.34. The fourth-order valence-electron chi connectivity index (χ4n) is 1.71. The molecule has 1 fully saturated rings. The lowest BCUT2D eigenvalue weighted by Gasteiger charge is -2.41. The Labute approximate surface area is 111 Å². The van der Waals surface area contributed by atoms with Gasteiger partial charge in [-0.2, -0.15) is 0 Å². The average Bonchev–Trinajstić information content (AvgIpc) is 3.21. The van der Waals surface area contributed by atoms with E-state index < -0.39 is 11.2 Å². The van der Waals surface area contributed by atoms with E-state index in [1.165, 1.54) is 21.3 Å². The molecule has 1 rings (SSSR count). The van der Waals surface area contributed by atoms with E-state index in [4.69, 9.17) is 23.7 Å². The van der Waals surface area contributed by atoms with Crippen molar-refractivity contribution in [3.05, 3.63) is 0 Å². The van der Waals surface area contributed by atoms with Crippen LogP contribution in [-0.2, 0) is 23.7 Å². The van der Waals surface area contributed by atoms with Crippen LogP contribution in [0.2, 0.25) is 0 Å². The van der Waals surface area contributed by atoms with Crippen molar-refractivity contribution in [3.8, 4) is 0 Å². The van der Waals surface area contributed by atoms with Gasteiger partial charge in [0.2, 0.25) is 5.79 Å². The van der Waals surface area contributed by atoms with E-state index in [1.807, 2.05) is 0 Å². The standard InChI is InChI=1S/C11H24O6Si/c1-13-10(12,11(18,14-2)15-3)5-4-6-16-7-9-8-17-9/h9,12H,4-8H2,1-3,18H3. The van der Waals surface area contributed by atoms with Crippen molar-refractivity contribution in [2.24, 2.45) is 0 Å². The van der Waals surface area contributed by atoms with Gasteiger partial charge in [0.15, 0.2) is 5.41 Å². The number of aliphatic hydroxyl groups is 1. The van der Waals surface area contributed by atoms with Crippen LogP contribution < -0.4 is 0 Å². The lowest BCUT2D eigenvalue weighted by atomic mass is 10.1. The van der Waals surface area contributed by atoms with Gasteiger partial charge >= 0.3 is 0 Å². The van der Waals surface area contributed by atoms with Crippen molar-refractivity contribution in [2.45, 2.75) is 30.1 Å². The van der Waals surface area contributed by atoms with E-state index in [9.17, 15) is 5.11 Å². The molecule has 1 aliphatic rings. The summed E-state index contributed by atoms with van der Waals surface area (Å²) in [5, 5.41) is 10.4. The van der Waals surface area contributed by atoms with E-state index in [-0.39, 0.29) is 6.10 Å². The molecule has 0 aromatic rings. The summed E-state index contributed by atoms with van der Waals surface area (Å²) >= 11 is 0. The van der Waals surface area contributed by atoms with Gasteiger partial charge < -0.3 is 28.8 Å². The van der Waals surface area contributed by atoms with E-state index in [2.05, 4.69) is 0 Å².